The van der Waals surface area contributed by atoms with Crippen molar-refractivity contribution in [2.24, 2.45) is 0 Å². The van der Waals surface area contributed by atoms with Crippen molar-refractivity contribution in [1.82, 2.24) is 10.2 Å². The summed E-state index contributed by atoms with van der Waals surface area (Å²) in [6, 6.07) is 21.4. The van der Waals surface area contributed by atoms with Crippen molar-refractivity contribution < 1.29 is 23.5 Å². The number of nitrogens with one attached hydrogen (secondary N) is 1. The van der Waals surface area contributed by atoms with Gasteiger partial charge in [0.15, 0.2) is 6.61 Å². The summed E-state index contributed by atoms with van der Waals surface area (Å²) in [6.45, 7) is -0.119. The maximum absolute atomic E-state index is 13.4. The highest BCUT2D eigenvalue weighted by molar-refractivity contribution is 5.88. The molecule has 0 unspecified atom stereocenters. The van der Waals surface area contributed by atoms with Crippen molar-refractivity contribution in [3.63, 3.8) is 0 Å². The Kier molecular flexibility index (Phi) is 8.41. The van der Waals surface area contributed by atoms with Gasteiger partial charge in [0.1, 0.15) is 23.4 Å². The molecule has 3 rings (SSSR count). The number of methoxy groups -OCH3 is 1. The van der Waals surface area contributed by atoms with Crippen molar-refractivity contribution in [3.05, 3.63) is 95.8 Å². The fourth-order valence-electron chi connectivity index (χ4n) is 3.41. The fourth-order valence-corrected chi connectivity index (χ4v) is 3.41. The van der Waals surface area contributed by atoms with Crippen LogP contribution in [0.15, 0.2) is 78.9 Å². The van der Waals surface area contributed by atoms with Gasteiger partial charge in [0.25, 0.3) is 5.91 Å². The van der Waals surface area contributed by atoms with Gasteiger partial charge < -0.3 is 19.7 Å². The van der Waals surface area contributed by atoms with E-state index in [4.69, 9.17) is 9.47 Å². The average molecular weight is 451 g/mol. The molecule has 0 aliphatic heterocycles. The molecule has 0 aromatic heterocycles. The van der Waals surface area contributed by atoms with Crippen LogP contribution in [0, 0.1) is 5.82 Å². The van der Waals surface area contributed by atoms with Gasteiger partial charge in [-0.1, -0.05) is 42.5 Å². The van der Waals surface area contributed by atoms with Crippen molar-refractivity contribution in [3.8, 4) is 11.5 Å². The number of hydrogen-bond acceptors (Lipinski definition) is 4. The van der Waals surface area contributed by atoms with Crippen LogP contribution in [0.5, 0.6) is 11.5 Å². The smallest absolute Gasteiger partial charge is 0.261 e. The normalized spacial score (nSPS) is 11.4. The summed E-state index contributed by atoms with van der Waals surface area (Å²) in [5.74, 6) is 0.157. The number of benzene rings is 3. The highest BCUT2D eigenvalue weighted by atomic mass is 19.1. The van der Waals surface area contributed by atoms with Crippen molar-refractivity contribution in [2.75, 3.05) is 20.8 Å². The number of likely N-dealkylation sites (N-methyl/N-ethyl adjacent to an activating group) is 1. The third-order valence-corrected chi connectivity index (χ3v) is 5.21. The van der Waals surface area contributed by atoms with E-state index < -0.39 is 6.04 Å². The van der Waals surface area contributed by atoms with Crippen LogP contribution in [0.3, 0.4) is 0 Å². The Morgan fingerprint density at radius 1 is 0.909 bits per heavy atom. The van der Waals surface area contributed by atoms with Gasteiger partial charge in [-0.15, -0.1) is 0 Å². The molecule has 0 fully saturated rings. The Morgan fingerprint density at radius 3 is 2.15 bits per heavy atom. The zero-order valence-corrected chi connectivity index (χ0v) is 18.7. The molecule has 6 nitrogen and oxygen atoms in total. The summed E-state index contributed by atoms with van der Waals surface area (Å²) >= 11 is 0. The first-order valence-electron chi connectivity index (χ1n) is 10.6. The molecule has 172 valence electrons. The van der Waals surface area contributed by atoms with E-state index in [-0.39, 0.29) is 30.8 Å². The van der Waals surface area contributed by atoms with Crippen LogP contribution in [-0.4, -0.2) is 43.5 Å². The van der Waals surface area contributed by atoms with Gasteiger partial charge in [-0.25, -0.2) is 4.39 Å². The number of carbonyl (C=O) groups excluding carboxylic acids is 2. The molecule has 33 heavy (non-hydrogen) atoms. The van der Waals surface area contributed by atoms with Crippen molar-refractivity contribution in [2.45, 2.75) is 19.0 Å². The predicted molar refractivity (Wildman–Crippen MR) is 123 cm³/mol. The maximum atomic E-state index is 13.4. The second kappa shape index (κ2) is 11.7. The van der Waals surface area contributed by atoms with E-state index in [1.807, 2.05) is 30.3 Å². The lowest BCUT2D eigenvalue weighted by Crippen LogP contribution is -2.51. The third-order valence-electron chi connectivity index (χ3n) is 5.21. The molecule has 3 aromatic carbocycles. The summed E-state index contributed by atoms with van der Waals surface area (Å²) < 4.78 is 24.2. The molecule has 0 saturated heterocycles. The molecule has 1 N–H and O–H groups in total. The van der Waals surface area contributed by atoms with Gasteiger partial charge in [0, 0.05) is 20.0 Å². The number of carbonyl (C=O) groups is 2. The van der Waals surface area contributed by atoms with Crippen LogP contribution in [-0.2, 0) is 22.6 Å². The highest BCUT2D eigenvalue weighted by Crippen LogP contribution is 2.19. The molecule has 0 heterocycles. The minimum atomic E-state index is -0.769. The van der Waals surface area contributed by atoms with Crippen LogP contribution in [0.25, 0.3) is 0 Å². The van der Waals surface area contributed by atoms with E-state index >= 15 is 0 Å². The largest absolute Gasteiger partial charge is 0.497 e. The Balaban J connectivity index is 1.84. The summed E-state index contributed by atoms with van der Waals surface area (Å²) in [5, 5.41) is 2.65. The van der Waals surface area contributed by atoms with E-state index in [0.29, 0.717) is 23.5 Å². The van der Waals surface area contributed by atoms with E-state index in [2.05, 4.69) is 5.32 Å². The topological polar surface area (TPSA) is 67.9 Å². The molecule has 0 aliphatic carbocycles. The number of halogens is 1. The molecule has 0 saturated carbocycles. The van der Waals surface area contributed by atoms with E-state index in [0.717, 1.165) is 5.56 Å². The monoisotopic (exact) mass is 450 g/mol. The number of hydrogen-bond donors (Lipinski definition) is 1. The average Bonchev–Trinajstić information content (AvgIpc) is 2.86. The van der Waals surface area contributed by atoms with Crippen LogP contribution >= 0.6 is 0 Å². The van der Waals surface area contributed by atoms with Gasteiger partial charge in [0.2, 0.25) is 5.91 Å². The number of amides is 2. The van der Waals surface area contributed by atoms with E-state index in [1.54, 1.807) is 43.5 Å². The number of ether oxygens (including phenoxy) is 2. The first-order chi connectivity index (χ1) is 16.0. The zero-order chi connectivity index (χ0) is 23.6. The highest BCUT2D eigenvalue weighted by Gasteiger charge is 2.30. The molecule has 3 aromatic rings. The summed E-state index contributed by atoms with van der Waals surface area (Å²) in [5.41, 5.74) is 1.62. The fraction of sp³-hybridized carbons (Fsp3) is 0.231. The SMILES string of the molecule is CNC(=O)[C@@H](Cc1ccccc1)N(Cc1ccc(F)cc1)C(=O)COc1ccc(OC)cc1. The zero-order valence-electron chi connectivity index (χ0n) is 18.7. The molecule has 0 bridgehead atoms. The summed E-state index contributed by atoms with van der Waals surface area (Å²) in [6.07, 6.45) is 0.329. The second-order valence-electron chi connectivity index (χ2n) is 7.43. The van der Waals surface area contributed by atoms with Gasteiger partial charge in [-0.05, 0) is 47.5 Å². The van der Waals surface area contributed by atoms with Gasteiger partial charge in [-0.3, -0.25) is 9.59 Å². The van der Waals surface area contributed by atoms with Crippen molar-refractivity contribution in [1.29, 1.82) is 0 Å². The first kappa shape index (κ1) is 23.8. The minimum Gasteiger partial charge on any atom is -0.497 e. The van der Waals surface area contributed by atoms with Crippen LogP contribution in [0.1, 0.15) is 11.1 Å². The summed E-state index contributed by atoms with van der Waals surface area (Å²) in [7, 11) is 3.10. The van der Waals surface area contributed by atoms with Crippen LogP contribution in [0.2, 0.25) is 0 Å². The predicted octanol–water partition coefficient (Wildman–Crippen LogP) is 3.60. The van der Waals surface area contributed by atoms with Crippen LogP contribution in [0.4, 0.5) is 4.39 Å². The Hall–Kier alpha value is -3.87. The molecule has 0 spiro atoms. The van der Waals surface area contributed by atoms with Crippen LogP contribution < -0.4 is 14.8 Å². The lowest BCUT2D eigenvalue weighted by Gasteiger charge is -2.31. The Morgan fingerprint density at radius 2 is 1.55 bits per heavy atom. The second-order valence-corrected chi connectivity index (χ2v) is 7.43. The molecule has 0 radical (unpaired) electrons. The lowest BCUT2D eigenvalue weighted by atomic mass is 10.0. The molecular weight excluding hydrogens is 423 g/mol. The molecule has 0 aliphatic rings. The van der Waals surface area contributed by atoms with Crippen molar-refractivity contribution >= 4 is 11.8 Å². The Bertz CT molecular complexity index is 1040. The first-order valence-corrected chi connectivity index (χ1v) is 10.6. The van der Waals surface area contributed by atoms with E-state index in [9.17, 15) is 14.0 Å². The van der Waals surface area contributed by atoms with E-state index in [1.165, 1.54) is 24.1 Å². The number of rotatable bonds is 10. The number of nitrogens with zero attached hydrogens (tertiary/aromatic N) is 1. The third kappa shape index (κ3) is 6.80. The molecule has 1 atom stereocenters. The standard InChI is InChI=1S/C26H27FN2O4/c1-28-26(31)24(16-19-6-4-3-5-7-19)29(17-20-8-10-21(27)11-9-20)25(30)18-33-23-14-12-22(32-2)13-15-23/h3-15,24H,16-18H2,1-2H3,(H,28,31)/t24-/m1/s1. The van der Waals surface area contributed by atoms with Gasteiger partial charge in [0.05, 0.1) is 7.11 Å². The molecule has 2 amide bonds. The van der Waals surface area contributed by atoms with Gasteiger partial charge in [-0.2, -0.15) is 0 Å². The lowest BCUT2D eigenvalue weighted by molar-refractivity contribution is -0.142. The minimum absolute atomic E-state index is 0.135. The quantitative estimate of drug-likeness (QED) is 0.513. The molecule has 7 heteroatoms. The summed E-state index contributed by atoms with van der Waals surface area (Å²) in [4.78, 5) is 27.6. The van der Waals surface area contributed by atoms with Gasteiger partial charge >= 0.3 is 0 Å². The molecular formula is C26H27FN2O4. The Labute approximate surface area is 192 Å². The maximum Gasteiger partial charge on any atom is 0.261 e.